The van der Waals surface area contributed by atoms with E-state index < -0.39 is 0 Å². The molecule has 0 spiro atoms. The van der Waals surface area contributed by atoms with Gasteiger partial charge in [0.15, 0.2) is 0 Å². The molecule has 7 heteroatoms. The van der Waals surface area contributed by atoms with E-state index in [1.54, 1.807) is 16.9 Å². The minimum atomic E-state index is 0.230. The summed E-state index contributed by atoms with van der Waals surface area (Å²) >= 11 is 6.00. The number of benzene rings is 1. The highest BCUT2D eigenvalue weighted by Gasteiger charge is 2.08. The summed E-state index contributed by atoms with van der Waals surface area (Å²) < 4.78 is 6.60. The van der Waals surface area contributed by atoms with Crippen molar-refractivity contribution < 1.29 is 4.52 Å². The van der Waals surface area contributed by atoms with E-state index in [4.69, 9.17) is 21.9 Å². The van der Waals surface area contributed by atoms with Crippen LogP contribution in [0.3, 0.4) is 0 Å². The second kappa shape index (κ2) is 4.83. The summed E-state index contributed by atoms with van der Waals surface area (Å²) in [5.74, 6) is 0.924. The first-order chi connectivity index (χ1) is 9.28. The van der Waals surface area contributed by atoms with Crippen LogP contribution in [0.1, 0.15) is 5.89 Å². The van der Waals surface area contributed by atoms with Gasteiger partial charge < -0.3 is 10.3 Å². The Kier molecular flexibility index (Phi) is 3.02. The lowest BCUT2D eigenvalue weighted by atomic mass is 10.2. The predicted molar refractivity (Wildman–Crippen MR) is 69.8 cm³/mol. The summed E-state index contributed by atoms with van der Waals surface area (Å²) in [7, 11) is 0. The molecule has 0 atom stereocenters. The van der Waals surface area contributed by atoms with Crippen molar-refractivity contribution in [2.45, 2.75) is 6.54 Å². The van der Waals surface area contributed by atoms with Crippen molar-refractivity contribution in [3.8, 4) is 17.1 Å². The molecule has 0 aliphatic heterocycles. The lowest BCUT2D eigenvalue weighted by molar-refractivity contribution is 0.380. The summed E-state index contributed by atoms with van der Waals surface area (Å²) in [6.07, 6.45) is 1.64. The molecule has 0 saturated carbocycles. The van der Waals surface area contributed by atoms with Crippen LogP contribution in [0, 0.1) is 0 Å². The number of aromatic nitrogens is 4. The Balaban J connectivity index is 1.92. The Morgan fingerprint density at radius 3 is 2.58 bits per heavy atom. The molecule has 96 valence electrons. The van der Waals surface area contributed by atoms with Crippen molar-refractivity contribution in [3.63, 3.8) is 0 Å². The van der Waals surface area contributed by atoms with Crippen molar-refractivity contribution in [2.24, 2.45) is 5.73 Å². The highest BCUT2D eigenvalue weighted by atomic mass is 35.5. The molecule has 0 aliphatic rings. The van der Waals surface area contributed by atoms with Crippen LogP contribution in [0.4, 0.5) is 0 Å². The van der Waals surface area contributed by atoms with Crippen molar-refractivity contribution >= 4 is 11.6 Å². The summed E-state index contributed by atoms with van der Waals surface area (Å²) in [5.41, 5.74) is 7.13. The van der Waals surface area contributed by atoms with Crippen LogP contribution in [-0.4, -0.2) is 19.9 Å². The third kappa shape index (κ3) is 2.23. The van der Waals surface area contributed by atoms with Gasteiger partial charge in [-0.2, -0.15) is 10.1 Å². The average Bonchev–Trinajstić information content (AvgIpc) is 3.07. The van der Waals surface area contributed by atoms with E-state index in [-0.39, 0.29) is 6.54 Å². The Morgan fingerprint density at radius 2 is 2.00 bits per heavy atom. The van der Waals surface area contributed by atoms with Gasteiger partial charge in [0.05, 0.1) is 18.4 Å². The van der Waals surface area contributed by atoms with E-state index in [9.17, 15) is 0 Å². The minimum absolute atomic E-state index is 0.230. The van der Waals surface area contributed by atoms with Crippen LogP contribution < -0.4 is 5.73 Å². The van der Waals surface area contributed by atoms with E-state index in [2.05, 4.69) is 15.2 Å². The van der Waals surface area contributed by atoms with Gasteiger partial charge in [-0.05, 0) is 30.3 Å². The standard InChI is InChI=1S/C12H10ClN5O/c13-10-5-6-15-18(10)9-3-1-8(2-4-9)12-16-11(7-14)19-17-12/h1-6H,7,14H2. The highest BCUT2D eigenvalue weighted by Crippen LogP contribution is 2.20. The van der Waals surface area contributed by atoms with Gasteiger partial charge in [-0.25, -0.2) is 4.68 Å². The lowest BCUT2D eigenvalue weighted by Gasteiger charge is -2.03. The number of hydrogen-bond acceptors (Lipinski definition) is 5. The van der Waals surface area contributed by atoms with Crippen molar-refractivity contribution in [3.05, 3.63) is 47.6 Å². The molecule has 2 aromatic heterocycles. The molecule has 0 fully saturated rings. The molecule has 2 N–H and O–H groups in total. The fraction of sp³-hybridized carbons (Fsp3) is 0.0833. The number of nitrogens with zero attached hydrogens (tertiary/aromatic N) is 4. The van der Waals surface area contributed by atoms with Gasteiger partial charge in [0, 0.05) is 5.56 Å². The largest absolute Gasteiger partial charge is 0.338 e. The fourth-order valence-electron chi connectivity index (χ4n) is 1.68. The van der Waals surface area contributed by atoms with Crippen molar-refractivity contribution in [1.82, 2.24) is 19.9 Å². The molecule has 0 aliphatic carbocycles. The Labute approximate surface area is 113 Å². The monoisotopic (exact) mass is 275 g/mol. The van der Waals surface area contributed by atoms with Gasteiger partial charge in [-0.3, -0.25) is 0 Å². The van der Waals surface area contributed by atoms with Gasteiger partial charge in [0.1, 0.15) is 5.15 Å². The molecule has 2 heterocycles. The molecular formula is C12H10ClN5O. The van der Waals surface area contributed by atoms with Gasteiger partial charge in [-0.1, -0.05) is 16.8 Å². The first kappa shape index (κ1) is 11.9. The predicted octanol–water partition coefficient (Wildman–Crippen LogP) is 2.03. The molecule has 6 nitrogen and oxygen atoms in total. The first-order valence-corrected chi connectivity index (χ1v) is 5.99. The zero-order valence-electron chi connectivity index (χ0n) is 9.82. The van der Waals surface area contributed by atoms with E-state index in [0.717, 1.165) is 11.3 Å². The van der Waals surface area contributed by atoms with Gasteiger partial charge >= 0.3 is 0 Å². The number of hydrogen-bond donors (Lipinski definition) is 1. The summed E-state index contributed by atoms with van der Waals surface area (Å²) in [6.45, 7) is 0.230. The lowest BCUT2D eigenvalue weighted by Crippen LogP contribution is -1.96. The Hall–Kier alpha value is -2.18. The van der Waals surface area contributed by atoms with E-state index in [0.29, 0.717) is 16.9 Å². The SMILES string of the molecule is NCc1nc(-c2ccc(-n3nccc3Cl)cc2)no1. The normalized spacial score (nSPS) is 10.8. The third-order valence-corrected chi connectivity index (χ3v) is 2.90. The van der Waals surface area contributed by atoms with E-state index in [1.165, 1.54) is 0 Å². The van der Waals surface area contributed by atoms with Crippen LogP contribution in [0.15, 0.2) is 41.1 Å². The maximum absolute atomic E-state index is 6.00. The quantitative estimate of drug-likeness (QED) is 0.791. The number of nitrogens with two attached hydrogens (primary N) is 1. The van der Waals surface area contributed by atoms with Crippen LogP contribution in [0.2, 0.25) is 5.15 Å². The molecular weight excluding hydrogens is 266 g/mol. The second-order valence-electron chi connectivity index (χ2n) is 3.83. The maximum Gasteiger partial charge on any atom is 0.240 e. The van der Waals surface area contributed by atoms with Crippen LogP contribution in [0.5, 0.6) is 0 Å². The van der Waals surface area contributed by atoms with Crippen LogP contribution in [0.25, 0.3) is 17.1 Å². The maximum atomic E-state index is 6.00. The molecule has 0 unspecified atom stereocenters. The molecule has 0 radical (unpaired) electrons. The van der Waals surface area contributed by atoms with Crippen LogP contribution >= 0.6 is 11.6 Å². The molecule has 3 rings (SSSR count). The van der Waals surface area contributed by atoms with Gasteiger partial charge in [0.2, 0.25) is 11.7 Å². The molecule has 0 bridgehead atoms. The molecule has 0 amide bonds. The van der Waals surface area contributed by atoms with Gasteiger partial charge in [0.25, 0.3) is 0 Å². The number of rotatable bonds is 3. The van der Waals surface area contributed by atoms with E-state index in [1.807, 2.05) is 24.3 Å². The topological polar surface area (TPSA) is 82.8 Å². The smallest absolute Gasteiger partial charge is 0.240 e. The molecule has 19 heavy (non-hydrogen) atoms. The Bertz CT molecular complexity index is 688. The first-order valence-electron chi connectivity index (χ1n) is 5.61. The minimum Gasteiger partial charge on any atom is -0.338 e. The highest BCUT2D eigenvalue weighted by molar-refractivity contribution is 6.29. The average molecular weight is 276 g/mol. The van der Waals surface area contributed by atoms with Gasteiger partial charge in [-0.15, -0.1) is 0 Å². The second-order valence-corrected chi connectivity index (χ2v) is 4.22. The Morgan fingerprint density at radius 1 is 1.21 bits per heavy atom. The zero-order valence-corrected chi connectivity index (χ0v) is 10.6. The third-order valence-electron chi connectivity index (χ3n) is 2.61. The molecule has 3 aromatic rings. The van der Waals surface area contributed by atoms with Crippen LogP contribution in [-0.2, 0) is 6.54 Å². The molecule has 0 saturated heterocycles. The van der Waals surface area contributed by atoms with Crippen molar-refractivity contribution in [1.29, 1.82) is 0 Å². The summed E-state index contributed by atoms with van der Waals surface area (Å²) in [6, 6.07) is 9.23. The van der Waals surface area contributed by atoms with E-state index >= 15 is 0 Å². The summed E-state index contributed by atoms with van der Waals surface area (Å²) in [5, 5.41) is 8.53. The zero-order chi connectivity index (χ0) is 13.2. The summed E-state index contributed by atoms with van der Waals surface area (Å²) in [4.78, 5) is 4.16. The molecule has 1 aromatic carbocycles. The fourth-order valence-corrected chi connectivity index (χ4v) is 1.88. The number of halogens is 1. The van der Waals surface area contributed by atoms with Crippen molar-refractivity contribution in [2.75, 3.05) is 0 Å².